The second-order valence-electron chi connectivity index (χ2n) is 6.90. The minimum atomic E-state index is -0.547. The van der Waals surface area contributed by atoms with E-state index in [9.17, 15) is 9.18 Å². The zero-order valence-electron chi connectivity index (χ0n) is 16.4. The number of piperidine rings is 1. The zero-order valence-corrected chi connectivity index (χ0v) is 18.7. The third-order valence-corrected chi connectivity index (χ3v) is 6.08. The molecule has 0 radical (unpaired) electrons. The molecule has 0 saturated carbocycles. The number of anilines is 2. The molecule has 1 aromatic heterocycles. The standard InChI is InChI=1S/C19H24BrClFN5O2/c1-3-29-8-4-6-23-19-25-17-12(10-13(21)15(20)16(17)22)18(26-19)24-11-5-7-27(2)14(28)9-11/h10-11H,3-9H2,1-2H3,(H2,23,24,25,26). The number of aromatic nitrogens is 2. The topological polar surface area (TPSA) is 79.4 Å². The summed E-state index contributed by atoms with van der Waals surface area (Å²) in [6.07, 6.45) is 1.90. The molecule has 0 bridgehead atoms. The van der Waals surface area contributed by atoms with Gasteiger partial charge in [0.25, 0.3) is 0 Å². The molecule has 29 heavy (non-hydrogen) atoms. The number of fused-ring (bicyclic) bond motifs is 1. The molecule has 1 aliphatic rings. The van der Waals surface area contributed by atoms with Crippen molar-refractivity contribution < 1.29 is 13.9 Å². The van der Waals surface area contributed by atoms with Gasteiger partial charge < -0.3 is 20.3 Å². The molecule has 1 amide bonds. The number of halogens is 3. The van der Waals surface area contributed by atoms with Crippen LogP contribution in [-0.4, -0.2) is 60.2 Å². The van der Waals surface area contributed by atoms with Gasteiger partial charge in [-0.1, -0.05) is 11.6 Å². The molecule has 1 aromatic carbocycles. The molecule has 158 valence electrons. The highest BCUT2D eigenvalue weighted by Gasteiger charge is 2.25. The SMILES string of the molecule is CCOCCCNc1nc(NC2CCN(C)C(=O)C2)c2cc(Cl)c(Br)c(F)c2n1. The summed E-state index contributed by atoms with van der Waals surface area (Å²) in [4.78, 5) is 22.6. The van der Waals surface area contributed by atoms with Crippen molar-refractivity contribution in [3.63, 3.8) is 0 Å². The van der Waals surface area contributed by atoms with Crippen LogP contribution < -0.4 is 10.6 Å². The summed E-state index contributed by atoms with van der Waals surface area (Å²) >= 11 is 9.33. The lowest BCUT2D eigenvalue weighted by atomic mass is 10.0. The number of ether oxygens (including phenoxy) is 1. The van der Waals surface area contributed by atoms with E-state index in [1.54, 1.807) is 18.0 Å². The van der Waals surface area contributed by atoms with E-state index in [1.165, 1.54) is 0 Å². The van der Waals surface area contributed by atoms with E-state index in [2.05, 4.69) is 36.5 Å². The van der Waals surface area contributed by atoms with Gasteiger partial charge in [0, 0.05) is 51.2 Å². The number of nitrogens with zero attached hydrogens (tertiary/aromatic N) is 3. The van der Waals surface area contributed by atoms with Crippen LogP contribution in [0, 0.1) is 5.82 Å². The van der Waals surface area contributed by atoms with Crippen LogP contribution in [0.5, 0.6) is 0 Å². The lowest BCUT2D eigenvalue weighted by Crippen LogP contribution is -2.41. The Balaban J connectivity index is 1.89. The number of carbonyl (C=O) groups excluding carboxylic acids is 1. The molecule has 1 fully saturated rings. The van der Waals surface area contributed by atoms with Gasteiger partial charge >= 0.3 is 0 Å². The van der Waals surface area contributed by atoms with Crippen LogP contribution in [0.3, 0.4) is 0 Å². The predicted octanol–water partition coefficient (Wildman–Crippen LogP) is 4.06. The van der Waals surface area contributed by atoms with Crippen molar-refractivity contribution in [3.8, 4) is 0 Å². The largest absolute Gasteiger partial charge is 0.382 e. The first kappa shape index (κ1) is 22.0. The van der Waals surface area contributed by atoms with E-state index in [0.717, 1.165) is 12.8 Å². The lowest BCUT2D eigenvalue weighted by Gasteiger charge is -2.30. The monoisotopic (exact) mass is 487 g/mol. The summed E-state index contributed by atoms with van der Waals surface area (Å²) in [6, 6.07) is 1.54. The number of hydrogen-bond acceptors (Lipinski definition) is 6. The van der Waals surface area contributed by atoms with Crippen molar-refractivity contribution in [2.24, 2.45) is 0 Å². The molecule has 3 rings (SSSR count). The fourth-order valence-corrected chi connectivity index (χ4v) is 3.63. The Morgan fingerprint density at radius 2 is 2.24 bits per heavy atom. The van der Waals surface area contributed by atoms with Crippen molar-refractivity contribution in [3.05, 3.63) is 21.4 Å². The highest BCUT2D eigenvalue weighted by molar-refractivity contribution is 9.10. The summed E-state index contributed by atoms with van der Waals surface area (Å²) in [7, 11) is 1.79. The molecule has 0 spiro atoms. The van der Waals surface area contributed by atoms with Crippen LogP contribution in [0.4, 0.5) is 16.2 Å². The number of carbonyl (C=O) groups is 1. The van der Waals surface area contributed by atoms with Gasteiger partial charge in [-0.05, 0) is 41.8 Å². The maximum absolute atomic E-state index is 14.8. The minimum Gasteiger partial charge on any atom is -0.382 e. The smallest absolute Gasteiger partial charge is 0.225 e. The van der Waals surface area contributed by atoms with Crippen LogP contribution in [0.1, 0.15) is 26.2 Å². The molecule has 1 aliphatic heterocycles. The van der Waals surface area contributed by atoms with E-state index in [1.807, 2.05) is 6.92 Å². The molecule has 10 heteroatoms. The third kappa shape index (κ3) is 5.26. The fourth-order valence-electron chi connectivity index (χ4n) is 3.14. The summed E-state index contributed by atoms with van der Waals surface area (Å²) in [5, 5.41) is 7.12. The van der Waals surface area contributed by atoms with Gasteiger partial charge in [-0.2, -0.15) is 4.98 Å². The number of benzene rings is 1. The third-order valence-electron chi connectivity index (χ3n) is 4.78. The van der Waals surface area contributed by atoms with Gasteiger partial charge in [0.15, 0.2) is 5.82 Å². The predicted molar refractivity (Wildman–Crippen MR) is 116 cm³/mol. The molecular formula is C19H24BrClFN5O2. The molecule has 2 heterocycles. The maximum Gasteiger partial charge on any atom is 0.225 e. The van der Waals surface area contributed by atoms with Gasteiger partial charge in [0.1, 0.15) is 11.3 Å². The normalized spacial score (nSPS) is 17.1. The van der Waals surface area contributed by atoms with Crippen molar-refractivity contribution in [1.82, 2.24) is 14.9 Å². The van der Waals surface area contributed by atoms with E-state index in [-0.39, 0.29) is 27.0 Å². The first-order valence-electron chi connectivity index (χ1n) is 9.58. The Hall–Kier alpha value is -1.71. The van der Waals surface area contributed by atoms with Crippen LogP contribution in [-0.2, 0) is 9.53 Å². The van der Waals surface area contributed by atoms with Gasteiger partial charge in [-0.15, -0.1) is 0 Å². The van der Waals surface area contributed by atoms with Gasteiger partial charge in [-0.25, -0.2) is 9.37 Å². The van der Waals surface area contributed by atoms with Gasteiger partial charge in [0.05, 0.1) is 9.50 Å². The maximum atomic E-state index is 14.8. The quantitative estimate of drug-likeness (QED) is 0.431. The summed E-state index contributed by atoms with van der Waals surface area (Å²) in [6.45, 7) is 4.47. The molecule has 2 N–H and O–H groups in total. The van der Waals surface area contributed by atoms with Crippen molar-refractivity contribution in [1.29, 1.82) is 0 Å². The minimum absolute atomic E-state index is 0.0633. The Bertz CT molecular complexity index is 901. The number of likely N-dealkylation sites (tertiary alicyclic amines) is 1. The molecule has 1 unspecified atom stereocenters. The lowest BCUT2D eigenvalue weighted by molar-refractivity contribution is -0.132. The van der Waals surface area contributed by atoms with Crippen LogP contribution in [0.15, 0.2) is 10.5 Å². The Morgan fingerprint density at radius 3 is 2.97 bits per heavy atom. The second-order valence-corrected chi connectivity index (χ2v) is 8.11. The van der Waals surface area contributed by atoms with Crippen LogP contribution in [0.2, 0.25) is 5.02 Å². The van der Waals surface area contributed by atoms with E-state index in [4.69, 9.17) is 16.3 Å². The number of hydrogen-bond donors (Lipinski definition) is 2. The molecule has 1 atom stereocenters. The highest BCUT2D eigenvalue weighted by atomic mass is 79.9. The van der Waals surface area contributed by atoms with E-state index < -0.39 is 5.82 Å². The summed E-state index contributed by atoms with van der Waals surface area (Å²) in [5.74, 6) is 0.282. The number of amides is 1. The highest BCUT2D eigenvalue weighted by Crippen LogP contribution is 2.35. The van der Waals surface area contributed by atoms with Gasteiger partial charge in [-0.3, -0.25) is 4.79 Å². The molecular weight excluding hydrogens is 465 g/mol. The second kappa shape index (κ2) is 9.86. The average Bonchev–Trinajstić information content (AvgIpc) is 2.70. The van der Waals surface area contributed by atoms with E-state index >= 15 is 0 Å². The Morgan fingerprint density at radius 1 is 1.45 bits per heavy atom. The molecule has 2 aromatic rings. The fraction of sp³-hybridized carbons (Fsp3) is 0.526. The average molecular weight is 489 g/mol. The molecule has 1 saturated heterocycles. The van der Waals surface area contributed by atoms with Crippen LogP contribution >= 0.6 is 27.5 Å². The van der Waals surface area contributed by atoms with E-state index in [0.29, 0.717) is 49.9 Å². The van der Waals surface area contributed by atoms with Gasteiger partial charge in [0.2, 0.25) is 11.9 Å². The number of nitrogens with one attached hydrogen (secondary N) is 2. The summed E-state index contributed by atoms with van der Waals surface area (Å²) in [5.41, 5.74) is 0.158. The number of rotatable bonds is 8. The first-order chi connectivity index (χ1) is 13.9. The zero-order chi connectivity index (χ0) is 21.0. The Labute approximate surface area is 182 Å². The molecule has 0 aliphatic carbocycles. The van der Waals surface area contributed by atoms with Crippen molar-refractivity contribution >= 4 is 56.1 Å². The molecule has 7 nitrogen and oxygen atoms in total. The van der Waals surface area contributed by atoms with Crippen molar-refractivity contribution in [2.75, 3.05) is 44.0 Å². The van der Waals surface area contributed by atoms with Crippen molar-refractivity contribution in [2.45, 2.75) is 32.2 Å². The Kier molecular flexibility index (Phi) is 7.48. The summed E-state index contributed by atoms with van der Waals surface area (Å²) < 4.78 is 20.3. The van der Waals surface area contributed by atoms with Crippen LogP contribution in [0.25, 0.3) is 10.9 Å². The first-order valence-corrected chi connectivity index (χ1v) is 10.7.